The highest BCUT2D eigenvalue weighted by Gasteiger charge is 2.82. The van der Waals surface area contributed by atoms with Crippen molar-refractivity contribution in [2.45, 2.75) is 17.8 Å². The van der Waals surface area contributed by atoms with Gasteiger partial charge in [-0.25, -0.2) is 4.90 Å². The van der Waals surface area contributed by atoms with E-state index >= 15 is 14.4 Å². The lowest BCUT2D eigenvalue weighted by Crippen LogP contribution is -2.45. The molecule has 5 aromatic carbocycles. The molecule has 5 aromatic rings. The van der Waals surface area contributed by atoms with E-state index in [1.54, 1.807) is 6.07 Å². The summed E-state index contributed by atoms with van der Waals surface area (Å²) in [5.41, 5.74) is 2.30. The van der Waals surface area contributed by atoms with Crippen molar-refractivity contribution in [3.63, 3.8) is 0 Å². The largest absolute Gasteiger partial charge is 0.454 e. The molecule has 0 unspecified atom stereocenters. The number of rotatable bonds is 5. The molecule has 0 radical (unpaired) electrons. The van der Waals surface area contributed by atoms with Gasteiger partial charge in [0.1, 0.15) is 0 Å². The van der Waals surface area contributed by atoms with Crippen LogP contribution in [0.25, 0.3) is 11.1 Å². The number of Topliss-reactive ketones (excluding diaryl/α,β-unsaturated/α-hetero) is 1. The van der Waals surface area contributed by atoms with Crippen LogP contribution in [0.4, 0.5) is 5.69 Å². The highest BCUT2D eigenvalue weighted by molar-refractivity contribution is 6.39. The van der Waals surface area contributed by atoms with Crippen molar-refractivity contribution in [3.05, 3.63) is 149 Å². The van der Waals surface area contributed by atoms with Crippen molar-refractivity contribution in [2.75, 3.05) is 18.5 Å². The summed E-state index contributed by atoms with van der Waals surface area (Å²) in [5.74, 6) is -0.813. The van der Waals surface area contributed by atoms with Crippen LogP contribution in [0, 0.1) is 18.8 Å². The fourth-order valence-corrected chi connectivity index (χ4v) is 9.25. The Hall–Kier alpha value is -6.15. The fraction of sp³-hybridized carbons (Fsp3) is 0.167. The molecule has 2 amide bonds. The van der Waals surface area contributed by atoms with E-state index in [-0.39, 0.29) is 19.4 Å². The quantitative estimate of drug-likeness (QED) is 0.196. The second kappa shape index (κ2) is 10.2. The molecule has 50 heavy (non-hydrogen) atoms. The zero-order valence-corrected chi connectivity index (χ0v) is 26.9. The number of nitrogens with zero attached hydrogens (tertiary/aromatic N) is 1. The second-order valence-electron chi connectivity index (χ2n) is 13.4. The Morgan fingerprint density at radius 3 is 1.50 bits per heavy atom. The maximum Gasteiger partial charge on any atom is 0.239 e. The minimum absolute atomic E-state index is 0.0761. The van der Waals surface area contributed by atoms with Crippen molar-refractivity contribution in [1.29, 1.82) is 0 Å². The number of fused-ring (bicyclic) bond motifs is 7. The molecule has 0 spiro atoms. The molecule has 2 fully saturated rings. The summed E-state index contributed by atoms with van der Waals surface area (Å²) in [5, 5.41) is 0. The third kappa shape index (κ3) is 3.47. The summed E-state index contributed by atoms with van der Waals surface area (Å²) in [7, 11) is 0. The smallest absolute Gasteiger partial charge is 0.239 e. The van der Waals surface area contributed by atoms with Crippen molar-refractivity contribution in [1.82, 2.24) is 0 Å². The van der Waals surface area contributed by atoms with Crippen LogP contribution in [0.3, 0.4) is 0 Å². The van der Waals surface area contributed by atoms with Crippen LogP contribution in [0.2, 0.25) is 0 Å². The van der Waals surface area contributed by atoms with Crippen LogP contribution in [0.5, 0.6) is 23.0 Å². The van der Waals surface area contributed by atoms with Gasteiger partial charge >= 0.3 is 0 Å². The Kier molecular flexibility index (Phi) is 5.87. The molecule has 10 rings (SSSR count). The minimum atomic E-state index is -1.55. The van der Waals surface area contributed by atoms with Gasteiger partial charge < -0.3 is 18.9 Å². The zero-order chi connectivity index (χ0) is 33.8. The molecule has 3 heterocycles. The predicted octanol–water partition coefficient (Wildman–Crippen LogP) is 6.64. The van der Waals surface area contributed by atoms with Gasteiger partial charge in [-0.2, -0.15) is 0 Å². The molecule has 5 aliphatic rings. The Morgan fingerprint density at radius 1 is 0.540 bits per heavy atom. The van der Waals surface area contributed by atoms with Gasteiger partial charge in [-0.3, -0.25) is 14.4 Å². The minimum Gasteiger partial charge on any atom is -0.454 e. The molecule has 1 saturated heterocycles. The second-order valence-corrected chi connectivity index (χ2v) is 13.4. The van der Waals surface area contributed by atoms with Crippen molar-refractivity contribution in [2.24, 2.45) is 11.8 Å². The highest BCUT2D eigenvalue weighted by Crippen LogP contribution is 2.74. The van der Waals surface area contributed by atoms with E-state index in [0.717, 1.165) is 5.56 Å². The third-order valence-electron chi connectivity index (χ3n) is 11.0. The average molecular weight is 660 g/mol. The van der Waals surface area contributed by atoms with E-state index in [2.05, 4.69) is 0 Å². The number of carbonyl (C=O) groups is 3. The molecule has 3 aliphatic heterocycles. The van der Waals surface area contributed by atoms with Gasteiger partial charge in [-0.1, -0.05) is 84.9 Å². The molecular formula is C42H29NO7. The predicted molar refractivity (Wildman–Crippen MR) is 184 cm³/mol. The lowest BCUT2D eigenvalue weighted by molar-refractivity contribution is -0.130. The molecule has 4 atom stereocenters. The fourth-order valence-electron chi connectivity index (χ4n) is 9.25. The zero-order valence-electron chi connectivity index (χ0n) is 26.9. The number of carbonyl (C=O) groups excluding carboxylic acids is 3. The van der Waals surface area contributed by atoms with Gasteiger partial charge in [0.05, 0.1) is 28.4 Å². The number of ether oxygens (including phenoxy) is 4. The van der Waals surface area contributed by atoms with Crippen LogP contribution in [0.15, 0.2) is 121 Å². The Morgan fingerprint density at radius 2 is 1.02 bits per heavy atom. The third-order valence-corrected chi connectivity index (χ3v) is 11.0. The first-order valence-electron chi connectivity index (χ1n) is 16.6. The number of amides is 2. The van der Waals surface area contributed by atoms with E-state index in [0.29, 0.717) is 62.1 Å². The van der Waals surface area contributed by atoms with Crippen LogP contribution in [-0.4, -0.2) is 31.2 Å². The number of ketones is 1. The lowest BCUT2D eigenvalue weighted by Gasteiger charge is -2.39. The molecule has 2 bridgehead atoms. The van der Waals surface area contributed by atoms with Crippen LogP contribution < -0.4 is 23.8 Å². The molecule has 1 saturated carbocycles. The van der Waals surface area contributed by atoms with Crippen LogP contribution >= 0.6 is 0 Å². The number of allylic oxidation sites excluding steroid dienone is 2. The van der Waals surface area contributed by atoms with E-state index in [1.807, 2.05) is 122 Å². The standard InChI is InChI=1S/C42H29NO7/c1-24-9-8-14-29(19-24)43-38(44)36-37(39(43)45)42(28-12-6-3-7-13-28)35(26-16-18-31-33(21-26)50-23-48-31)34(25-15-17-30-32(20-25)49-22-47-30)41(36,40(42)46)27-10-4-2-5-11-27/h2-21,36-37H,22-23H2,1H3/t36-,37+,41-,42-/m0/s1. The topological polar surface area (TPSA) is 91.4 Å². The summed E-state index contributed by atoms with van der Waals surface area (Å²) in [6.45, 7) is 2.08. The number of benzene rings is 5. The van der Waals surface area contributed by atoms with E-state index < -0.39 is 34.5 Å². The number of anilines is 1. The molecule has 0 N–H and O–H groups in total. The van der Waals surface area contributed by atoms with Gasteiger partial charge in [-0.05, 0) is 82.3 Å². The Bertz CT molecular complexity index is 2190. The molecular weight excluding hydrogens is 630 g/mol. The normalized spacial score (nSPS) is 25.5. The number of hydrogen-bond donors (Lipinski definition) is 0. The van der Waals surface area contributed by atoms with Crippen molar-refractivity contribution < 1.29 is 33.3 Å². The van der Waals surface area contributed by atoms with Gasteiger partial charge in [0.2, 0.25) is 25.4 Å². The Labute approximate surface area is 287 Å². The van der Waals surface area contributed by atoms with E-state index in [4.69, 9.17) is 18.9 Å². The van der Waals surface area contributed by atoms with E-state index in [1.165, 1.54) is 4.90 Å². The summed E-state index contributed by atoms with van der Waals surface area (Å²) >= 11 is 0. The van der Waals surface area contributed by atoms with Crippen LogP contribution in [-0.2, 0) is 25.2 Å². The number of hydrogen-bond acceptors (Lipinski definition) is 7. The van der Waals surface area contributed by atoms with Crippen molar-refractivity contribution in [3.8, 4) is 23.0 Å². The number of aryl methyl sites for hydroxylation is 1. The van der Waals surface area contributed by atoms with E-state index in [9.17, 15) is 0 Å². The molecule has 8 nitrogen and oxygen atoms in total. The summed E-state index contributed by atoms with van der Waals surface area (Å²) in [4.78, 5) is 47.9. The summed E-state index contributed by atoms with van der Waals surface area (Å²) in [6.07, 6.45) is 0. The van der Waals surface area contributed by atoms with Gasteiger partial charge in [0, 0.05) is 0 Å². The monoisotopic (exact) mass is 659 g/mol. The SMILES string of the molecule is Cc1cccc(N2C(=O)[C@@H]3[C@H](C2=O)[C@@]2(c4ccccc4)C(=O)[C@@]3(c3ccccc3)C(c3ccc4c(c3)OCO4)=C2c2ccc3c(c2)OCO3)c1. The highest BCUT2D eigenvalue weighted by atomic mass is 16.7. The molecule has 244 valence electrons. The van der Waals surface area contributed by atoms with Crippen LogP contribution in [0.1, 0.15) is 27.8 Å². The maximum atomic E-state index is 16.2. The summed E-state index contributed by atoms with van der Waals surface area (Å²) in [6, 6.07) is 37.6. The number of imide groups is 1. The van der Waals surface area contributed by atoms with Gasteiger partial charge in [0.15, 0.2) is 28.8 Å². The first-order valence-corrected chi connectivity index (χ1v) is 16.6. The average Bonchev–Trinajstić information content (AvgIpc) is 3.95. The molecule has 8 heteroatoms. The van der Waals surface area contributed by atoms with Gasteiger partial charge in [-0.15, -0.1) is 0 Å². The van der Waals surface area contributed by atoms with Gasteiger partial charge in [0.25, 0.3) is 0 Å². The Balaban J connectivity index is 1.37. The van der Waals surface area contributed by atoms with Crippen molar-refractivity contribution >= 4 is 34.4 Å². The lowest BCUT2D eigenvalue weighted by atomic mass is 9.59. The summed E-state index contributed by atoms with van der Waals surface area (Å²) < 4.78 is 23.1. The molecule has 2 aliphatic carbocycles. The first-order chi connectivity index (χ1) is 24.5. The maximum absolute atomic E-state index is 16.2. The molecule has 0 aromatic heterocycles. The first kappa shape index (κ1) is 28.8.